The molecular formula is C20H24BrClN2O. The molecule has 0 spiro atoms. The van der Waals surface area contributed by atoms with E-state index in [0.29, 0.717) is 6.61 Å². The summed E-state index contributed by atoms with van der Waals surface area (Å²) in [6, 6.07) is 14.6. The second-order valence-corrected chi connectivity index (χ2v) is 7.56. The van der Waals surface area contributed by atoms with E-state index < -0.39 is 0 Å². The van der Waals surface area contributed by atoms with Crippen LogP contribution in [-0.2, 0) is 0 Å². The normalized spacial score (nSPS) is 17.1. The highest BCUT2D eigenvalue weighted by Gasteiger charge is 2.26. The minimum Gasteiger partial charge on any atom is -0.494 e. The van der Waals surface area contributed by atoms with Crippen LogP contribution >= 0.6 is 27.5 Å². The second-order valence-electron chi connectivity index (χ2n) is 6.21. The molecule has 5 heteroatoms. The van der Waals surface area contributed by atoms with Crippen molar-refractivity contribution < 1.29 is 4.74 Å². The Morgan fingerprint density at radius 3 is 2.88 bits per heavy atom. The molecule has 0 aromatic heterocycles. The van der Waals surface area contributed by atoms with Crippen molar-refractivity contribution in [3.8, 4) is 5.75 Å². The Labute approximate surface area is 163 Å². The van der Waals surface area contributed by atoms with Gasteiger partial charge in [-0.3, -0.25) is 4.90 Å². The van der Waals surface area contributed by atoms with Crippen molar-refractivity contribution in [2.75, 3.05) is 32.8 Å². The van der Waals surface area contributed by atoms with Gasteiger partial charge in [-0.2, -0.15) is 0 Å². The molecule has 2 aromatic rings. The first-order valence-corrected chi connectivity index (χ1v) is 9.98. The minimum absolute atomic E-state index is 0.123. The first kappa shape index (κ1) is 18.7. The van der Waals surface area contributed by atoms with E-state index in [1.165, 1.54) is 5.56 Å². The molecule has 0 amide bonds. The molecule has 2 aromatic carbocycles. The molecule has 0 bridgehead atoms. The molecule has 3 rings (SSSR count). The Balaban J connectivity index is 2.08. The maximum Gasteiger partial charge on any atom is 0.124 e. The maximum atomic E-state index is 6.36. The van der Waals surface area contributed by atoms with Gasteiger partial charge in [0.15, 0.2) is 0 Å². The monoisotopic (exact) mass is 422 g/mol. The Morgan fingerprint density at radius 2 is 2.08 bits per heavy atom. The molecule has 1 unspecified atom stereocenters. The van der Waals surface area contributed by atoms with Gasteiger partial charge in [0.05, 0.1) is 12.6 Å². The van der Waals surface area contributed by atoms with Crippen molar-refractivity contribution in [2.24, 2.45) is 0 Å². The highest BCUT2D eigenvalue weighted by atomic mass is 79.9. The molecule has 1 saturated heterocycles. The van der Waals surface area contributed by atoms with Crippen LogP contribution in [-0.4, -0.2) is 37.7 Å². The van der Waals surface area contributed by atoms with Crippen LogP contribution in [0.1, 0.15) is 30.5 Å². The third kappa shape index (κ3) is 4.76. The molecule has 0 aliphatic carbocycles. The van der Waals surface area contributed by atoms with Gasteiger partial charge in [0.2, 0.25) is 0 Å². The van der Waals surface area contributed by atoms with Crippen LogP contribution in [0.3, 0.4) is 0 Å². The van der Waals surface area contributed by atoms with E-state index in [4.69, 9.17) is 16.3 Å². The third-order valence-electron chi connectivity index (χ3n) is 4.47. The number of rotatable bonds is 5. The quantitative estimate of drug-likeness (QED) is 0.741. The van der Waals surface area contributed by atoms with Gasteiger partial charge < -0.3 is 10.1 Å². The van der Waals surface area contributed by atoms with Crippen molar-refractivity contribution in [1.29, 1.82) is 0 Å². The zero-order chi connectivity index (χ0) is 17.6. The molecule has 1 fully saturated rings. The van der Waals surface area contributed by atoms with Crippen LogP contribution in [0.15, 0.2) is 46.9 Å². The molecule has 3 nitrogen and oxygen atoms in total. The number of nitrogens with zero attached hydrogens (tertiary/aromatic N) is 1. The van der Waals surface area contributed by atoms with Gasteiger partial charge in [0.25, 0.3) is 0 Å². The topological polar surface area (TPSA) is 24.5 Å². The summed E-state index contributed by atoms with van der Waals surface area (Å²) in [5.74, 6) is 0.911. The van der Waals surface area contributed by atoms with E-state index in [9.17, 15) is 0 Å². The molecule has 1 N–H and O–H groups in total. The van der Waals surface area contributed by atoms with E-state index in [1.807, 2.05) is 19.1 Å². The lowest BCUT2D eigenvalue weighted by Crippen LogP contribution is -2.33. The maximum absolute atomic E-state index is 6.36. The van der Waals surface area contributed by atoms with Gasteiger partial charge in [0.1, 0.15) is 5.75 Å². The van der Waals surface area contributed by atoms with Crippen LogP contribution in [0.25, 0.3) is 0 Å². The molecule has 1 heterocycles. The Hall–Kier alpha value is -1.07. The summed E-state index contributed by atoms with van der Waals surface area (Å²) in [6.45, 7) is 6.76. The average molecular weight is 424 g/mol. The fourth-order valence-corrected chi connectivity index (χ4v) is 4.01. The summed E-state index contributed by atoms with van der Waals surface area (Å²) in [6.07, 6.45) is 1.13. The Bertz CT molecular complexity index is 702. The standard InChI is InChI=1S/C20H24BrClN2O/c1-2-25-19-8-7-17(22)14-18(19)20(15-5-3-6-16(21)13-15)24-11-4-9-23-10-12-24/h3,5-8,13-14,20,23H,2,4,9-12H2,1H3. The molecular weight excluding hydrogens is 400 g/mol. The largest absolute Gasteiger partial charge is 0.494 e. The summed E-state index contributed by atoms with van der Waals surface area (Å²) >= 11 is 9.97. The summed E-state index contributed by atoms with van der Waals surface area (Å²) < 4.78 is 7.02. The van der Waals surface area contributed by atoms with Crippen LogP contribution in [0.5, 0.6) is 5.75 Å². The summed E-state index contributed by atoms with van der Waals surface area (Å²) in [7, 11) is 0. The van der Waals surface area contributed by atoms with Gasteiger partial charge in [-0.05, 0) is 55.8 Å². The van der Waals surface area contributed by atoms with Crippen molar-refractivity contribution in [1.82, 2.24) is 10.2 Å². The van der Waals surface area contributed by atoms with Gasteiger partial charge in [0, 0.05) is 34.7 Å². The van der Waals surface area contributed by atoms with Gasteiger partial charge >= 0.3 is 0 Å². The second kappa shape index (κ2) is 9.04. The van der Waals surface area contributed by atoms with E-state index in [2.05, 4.69) is 56.5 Å². The third-order valence-corrected chi connectivity index (χ3v) is 5.20. The zero-order valence-electron chi connectivity index (χ0n) is 14.5. The Kier molecular flexibility index (Phi) is 6.77. The number of halogens is 2. The van der Waals surface area contributed by atoms with Crippen molar-refractivity contribution in [3.05, 3.63) is 63.1 Å². The van der Waals surface area contributed by atoms with Crippen molar-refractivity contribution in [2.45, 2.75) is 19.4 Å². The lowest BCUT2D eigenvalue weighted by molar-refractivity contribution is 0.233. The summed E-state index contributed by atoms with van der Waals surface area (Å²) in [4.78, 5) is 2.52. The molecule has 1 atom stereocenters. The highest BCUT2D eigenvalue weighted by molar-refractivity contribution is 9.10. The molecule has 0 saturated carbocycles. The smallest absolute Gasteiger partial charge is 0.124 e. The molecule has 134 valence electrons. The van der Waals surface area contributed by atoms with Crippen molar-refractivity contribution in [3.63, 3.8) is 0 Å². The summed E-state index contributed by atoms with van der Waals surface area (Å²) in [5.41, 5.74) is 2.38. The molecule has 1 aliphatic rings. The number of ether oxygens (including phenoxy) is 1. The molecule has 0 radical (unpaired) electrons. The minimum atomic E-state index is 0.123. The van der Waals surface area contributed by atoms with Gasteiger partial charge in [-0.15, -0.1) is 0 Å². The highest BCUT2D eigenvalue weighted by Crippen LogP contribution is 2.37. The fourth-order valence-electron chi connectivity index (χ4n) is 3.41. The van der Waals surface area contributed by atoms with Crippen LogP contribution in [0, 0.1) is 0 Å². The van der Waals surface area contributed by atoms with Crippen LogP contribution < -0.4 is 10.1 Å². The average Bonchev–Trinajstić information content (AvgIpc) is 2.87. The molecule has 25 heavy (non-hydrogen) atoms. The summed E-state index contributed by atoms with van der Waals surface area (Å²) in [5, 5.41) is 4.23. The first-order chi connectivity index (χ1) is 12.2. The Morgan fingerprint density at radius 1 is 1.20 bits per heavy atom. The predicted molar refractivity (Wildman–Crippen MR) is 108 cm³/mol. The van der Waals surface area contributed by atoms with Crippen molar-refractivity contribution >= 4 is 27.5 Å². The lowest BCUT2D eigenvalue weighted by Gasteiger charge is -2.32. The van der Waals surface area contributed by atoms with Crippen LogP contribution in [0.2, 0.25) is 5.02 Å². The van der Waals surface area contributed by atoms with E-state index in [0.717, 1.165) is 53.4 Å². The number of hydrogen-bond donors (Lipinski definition) is 1. The number of nitrogens with one attached hydrogen (secondary N) is 1. The number of hydrogen-bond acceptors (Lipinski definition) is 3. The first-order valence-electron chi connectivity index (χ1n) is 8.81. The lowest BCUT2D eigenvalue weighted by atomic mass is 9.96. The number of benzene rings is 2. The zero-order valence-corrected chi connectivity index (χ0v) is 16.8. The van der Waals surface area contributed by atoms with Gasteiger partial charge in [-0.25, -0.2) is 0 Å². The van der Waals surface area contributed by atoms with Crippen LogP contribution in [0.4, 0.5) is 0 Å². The molecule has 1 aliphatic heterocycles. The fraction of sp³-hybridized carbons (Fsp3) is 0.400. The van der Waals surface area contributed by atoms with E-state index >= 15 is 0 Å². The SMILES string of the molecule is CCOc1ccc(Cl)cc1C(c1cccc(Br)c1)N1CCCNCC1. The van der Waals surface area contributed by atoms with E-state index in [-0.39, 0.29) is 6.04 Å². The van der Waals surface area contributed by atoms with Gasteiger partial charge in [-0.1, -0.05) is 39.7 Å². The predicted octanol–water partition coefficient (Wildman–Crippen LogP) is 4.89. The van der Waals surface area contributed by atoms with E-state index in [1.54, 1.807) is 0 Å².